The molecule has 4 fully saturated rings. The smallest absolute Gasteiger partial charge is 0.316 e. The fourth-order valence-electron chi connectivity index (χ4n) is 11.9. The highest BCUT2D eigenvalue weighted by atomic mass is 16.5. The molecule has 9 nitrogen and oxygen atoms in total. The number of aliphatic hydroxyl groups is 1. The van der Waals surface area contributed by atoms with Crippen molar-refractivity contribution in [2.45, 2.75) is 69.9 Å². The van der Waals surface area contributed by atoms with Crippen LogP contribution in [0.2, 0.25) is 0 Å². The van der Waals surface area contributed by atoms with Crippen LogP contribution in [0.3, 0.4) is 0 Å². The van der Waals surface area contributed by atoms with Gasteiger partial charge in [-0.1, -0.05) is 29.8 Å². The third-order valence-electron chi connectivity index (χ3n) is 14.0. The summed E-state index contributed by atoms with van der Waals surface area (Å²) < 4.78 is 11.9. The van der Waals surface area contributed by atoms with Crippen LogP contribution in [0.15, 0.2) is 48.0 Å². The molecule has 0 radical (unpaired) electrons. The van der Waals surface area contributed by atoms with Crippen LogP contribution >= 0.6 is 0 Å². The lowest BCUT2D eigenvalue weighted by molar-refractivity contribution is -0.169. The molecule has 51 heavy (non-hydrogen) atoms. The molecule has 0 amide bonds. The number of ketones is 1. The molecule has 10 rings (SSSR count). The third-order valence-corrected chi connectivity index (χ3v) is 14.0. The number of esters is 1. The van der Waals surface area contributed by atoms with Gasteiger partial charge in [0, 0.05) is 88.6 Å². The van der Waals surface area contributed by atoms with Crippen LogP contribution in [-0.2, 0) is 27.2 Å². The molecule has 268 valence electrons. The maximum absolute atomic E-state index is 14.2. The molecule has 9 atom stereocenters. The Balaban J connectivity index is 1.30. The minimum atomic E-state index is -1.15. The first-order chi connectivity index (χ1) is 24.7. The van der Waals surface area contributed by atoms with Gasteiger partial charge in [-0.25, -0.2) is 0 Å². The molecule has 6 heterocycles. The number of carbonyl (C=O) groups excluding carboxylic acids is 2. The Morgan fingerprint density at radius 3 is 2.61 bits per heavy atom. The summed E-state index contributed by atoms with van der Waals surface area (Å²) in [5.74, 6) is 1.20. The zero-order chi connectivity index (χ0) is 35.3. The minimum absolute atomic E-state index is 0.0786. The minimum Gasteiger partial charge on any atom is -0.496 e. The Kier molecular flexibility index (Phi) is 7.80. The van der Waals surface area contributed by atoms with Crippen LogP contribution in [-0.4, -0.2) is 96.2 Å². The zero-order valence-electron chi connectivity index (χ0n) is 30.4. The van der Waals surface area contributed by atoms with Crippen molar-refractivity contribution in [3.05, 3.63) is 76.1 Å². The predicted molar refractivity (Wildman–Crippen MR) is 197 cm³/mol. The van der Waals surface area contributed by atoms with Crippen LogP contribution in [0.5, 0.6) is 5.75 Å². The van der Waals surface area contributed by atoms with Gasteiger partial charge in [0.25, 0.3) is 0 Å². The first-order valence-electron chi connectivity index (χ1n) is 18.8. The van der Waals surface area contributed by atoms with Gasteiger partial charge in [0.2, 0.25) is 0 Å². The Bertz CT molecular complexity index is 2090. The van der Waals surface area contributed by atoms with Crippen molar-refractivity contribution in [3.8, 4) is 5.75 Å². The van der Waals surface area contributed by atoms with E-state index >= 15 is 0 Å². The number of likely N-dealkylation sites (tertiary alicyclic amines) is 1. The van der Waals surface area contributed by atoms with E-state index in [0.29, 0.717) is 31.1 Å². The number of rotatable bonds is 5. The molecular weight excluding hydrogens is 640 g/mol. The molecule has 0 spiro atoms. The van der Waals surface area contributed by atoms with E-state index < -0.39 is 5.41 Å². The van der Waals surface area contributed by atoms with Crippen LogP contribution < -0.4 is 4.74 Å². The number of Topliss-reactive ketones (excluding diaryl/α,β-unsaturated/α-hetero) is 1. The monoisotopic (exact) mass is 690 g/mol. The van der Waals surface area contributed by atoms with Crippen molar-refractivity contribution in [3.63, 3.8) is 0 Å². The highest BCUT2D eigenvalue weighted by Crippen LogP contribution is 2.56. The molecule has 6 bridgehead atoms. The number of methoxy groups -OCH3 is 2. The van der Waals surface area contributed by atoms with E-state index in [1.54, 1.807) is 14.0 Å². The largest absolute Gasteiger partial charge is 0.496 e. The average Bonchev–Trinajstić information content (AvgIpc) is 3.67. The van der Waals surface area contributed by atoms with E-state index in [9.17, 15) is 14.7 Å². The van der Waals surface area contributed by atoms with Crippen molar-refractivity contribution in [2.24, 2.45) is 23.2 Å². The van der Waals surface area contributed by atoms with Crippen molar-refractivity contribution in [2.75, 3.05) is 47.5 Å². The molecule has 4 aromatic rings. The van der Waals surface area contributed by atoms with Gasteiger partial charge in [-0.05, 0) is 88.2 Å². The van der Waals surface area contributed by atoms with Gasteiger partial charge in [0.05, 0.1) is 26.3 Å². The number of para-hydroxylation sites is 1. The van der Waals surface area contributed by atoms with Gasteiger partial charge in [0.1, 0.15) is 16.9 Å². The highest BCUT2D eigenvalue weighted by Gasteiger charge is 2.59. The van der Waals surface area contributed by atoms with E-state index in [0.717, 1.165) is 71.4 Å². The fourth-order valence-corrected chi connectivity index (χ4v) is 11.9. The van der Waals surface area contributed by atoms with Crippen molar-refractivity contribution < 1.29 is 24.2 Å². The summed E-state index contributed by atoms with van der Waals surface area (Å²) in [6.07, 6.45) is 6.36. The molecule has 1 saturated carbocycles. The lowest BCUT2D eigenvalue weighted by Crippen LogP contribution is -2.63. The number of H-pyrrole nitrogens is 2. The maximum Gasteiger partial charge on any atom is 0.316 e. The second kappa shape index (κ2) is 12.1. The fraction of sp³-hybridized carbons (Fsp3) is 0.524. The number of aromatic nitrogens is 2. The Morgan fingerprint density at radius 2 is 1.86 bits per heavy atom. The zero-order valence-corrected chi connectivity index (χ0v) is 30.4. The summed E-state index contributed by atoms with van der Waals surface area (Å²) in [6.45, 7) is 6.28. The topological polar surface area (TPSA) is 111 Å². The number of aliphatic hydroxyl groups excluding tert-OH is 1. The summed E-state index contributed by atoms with van der Waals surface area (Å²) in [6, 6.07) is 12.8. The molecule has 2 aliphatic carbocycles. The first kappa shape index (κ1) is 33.0. The normalized spacial score (nSPS) is 33.7. The van der Waals surface area contributed by atoms with Crippen molar-refractivity contribution in [1.29, 1.82) is 0 Å². The number of ether oxygens (including phenoxy) is 2. The van der Waals surface area contributed by atoms with E-state index in [4.69, 9.17) is 9.47 Å². The maximum atomic E-state index is 14.2. The number of hydrogen-bond donors (Lipinski definition) is 3. The van der Waals surface area contributed by atoms with Crippen molar-refractivity contribution in [1.82, 2.24) is 19.8 Å². The molecule has 6 aliphatic rings. The molecule has 2 aromatic heterocycles. The van der Waals surface area contributed by atoms with Crippen LogP contribution in [0.1, 0.15) is 73.0 Å². The number of benzene rings is 2. The molecule has 1 unspecified atom stereocenters. The summed E-state index contributed by atoms with van der Waals surface area (Å²) in [5.41, 5.74) is 8.19. The molecule has 3 N–H and O–H groups in total. The number of nitrogens with zero attached hydrogens (tertiary/aromatic N) is 2. The summed E-state index contributed by atoms with van der Waals surface area (Å²) in [7, 11) is 5.26. The van der Waals surface area contributed by atoms with E-state index in [-0.39, 0.29) is 48.3 Å². The number of likely N-dealkylation sites (N-methyl/N-ethyl adjacent to an activating group) is 1. The highest BCUT2D eigenvalue weighted by molar-refractivity contribution is 5.92. The molecular formula is C42H50N4O5. The standard InChI is InChI=1S/C42H50N4O5/c1-6-24-20-45(3)35-18-29-25-9-7-8-10-33(25)43-38(29)30(17-32(24)42(35,21-47)41(49)51-5)36-34(50-4)12-11-26-27-13-14-46-19-23-15-28(22(2)48)40(46)31(16-23)37(27)44-39(26)36/h6-12,23,28,30-32,35,40,43-44,47H,13-21H2,1-5H3/b24-6-/t23-,28-,30-,31+,32+,35+,40+,42+/m1/s1. The molecule has 9 heteroatoms. The van der Waals surface area contributed by atoms with E-state index in [2.05, 4.69) is 69.3 Å². The molecule has 3 saturated heterocycles. The SMILES string of the molecule is C/C=C1/CN(C)[C@H]2Cc3c([nH]c4ccccc34)[C@@H](c3c(OC)ccc4c5c([nH]c34)[C@@H]3C[C@H]4C[C@H](C(C)=O)[C@@H]3N(CC5)C4)C[C@@H]1[C@]2(CO)C(=O)OC. The number of aromatic amines is 2. The third kappa shape index (κ3) is 4.56. The summed E-state index contributed by atoms with van der Waals surface area (Å²) in [4.78, 5) is 40.0. The van der Waals surface area contributed by atoms with Crippen molar-refractivity contribution >= 4 is 33.6 Å². The van der Waals surface area contributed by atoms with E-state index in [1.165, 1.54) is 29.3 Å². The lowest BCUT2D eigenvalue weighted by Gasteiger charge is -2.53. The predicted octanol–water partition coefficient (Wildman–Crippen LogP) is 5.70. The van der Waals surface area contributed by atoms with Crippen LogP contribution in [0.25, 0.3) is 21.8 Å². The molecule has 4 aliphatic heterocycles. The summed E-state index contributed by atoms with van der Waals surface area (Å²) in [5, 5.41) is 13.8. The number of nitrogens with one attached hydrogen (secondary N) is 2. The van der Waals surface area contributed by atoms with Gasteiger partial charge in [-0.15, -0.1) is 0 Å². The Morgan fingerprint density at radius 1 is 1.04 bits per heavy atom. The van der Waals surface area contributed by atoms with Gasteiger partial charge in [-0.2, -0.15) is 0 Å². The average molecular weight is 691 g/mol. The van der Waals surface area contributed by atoms with Crippen LogP contribution in [0.4, 0.5) is 0 Å². The number of hydrogen-bond acceptors (Lipinski definition) is 7. The van der Waals surface area contributed by atoms with Gasteiger partial charge in [-0.3, -0.25) is 19.4 Å². The number of piperidine rings is 3. The van der Waals surface area contributed by atoms with Crippen LogP contribution in [0, 0.1) is 23.2 Å². The van der Waals surface area contributed by atoms with E-state index in [1.807, 2.05) is 6.92 Å². The van der Waals surface area contributed by atoms with Gasteiger partial charge in [0.15, 0.2) is 0 Å². The van der Waals surface area contributed by atoms with Gasteiger partial charge >= 0.3 is 5.97 Å². The number of carbonyl (C=O) groups is 2. The molecule has 2 aromatic carbocycles. The second-order valence-electron chi connectivity index (χ2n) is 16.1. The first-order valence-corrected chi connectivity index (χ1v) is 18.8. The van der Waals surface area contributed by atoms with Gasteiger partial charge < -0.3 is 24.5 Å². The Labute approximate surface area is 299 Å². The summed E-state index contributed by atoms with van der Waals surface area (Å²) >= 11 is 0. The second-order valence-corrected chi connectivity index (χ2v) is 16.1. The quantitative estimate of drug-likeness (QED) is 0.182. The number of fused-ring (bicyclic) bond motifs is 9. The Hall–Kier alpha value is -3.92. The lowest BCUT2D eigenvalue weighted by atomic mass is 9.58. The number of allylic oxidation sites excluding steroid dienone is 1.